The van der Waals surface area contributed by atoms with Crippen LogP contribution in [0.3, 0.4) is 0 Å². The van der Waals surface area contributed by atoms with Crippen LogP contribution in [0.5, 0.6) is 0 Å². The van der Waals surface area contributed by atoms with Crippen molar-refractivity contribution in [2.75, 3.05) is 5.75 Å². The maximum atomic E-state index is 5.76. The lowest BCUT2D eigenvalue weighted by atomic mass is 10.1. The van der Waals surface area contributed by atoms with Gasteiger partial charge in [0, 0.05) is 22.1 Å². The van der Waals surface area contributed by atoms with Gasteiger partial charge in [0.2, 0.25) is 0 Å². The molecule has 102 valence electrons. The lowest BCUT2D eigenvalue weighted by molar-refractivity contribution is 0.539. The van der Waals surface area contributed by atoms with Gasteiger partial charge in [0.25, 0.3) is 0 Å². The van der Waals surface area contributed by atoms with Gasteiger partial charge in [0.15, 0.2) is 0 Å². The number of thiophene rings is 1. The van der Waals surface area contributed by atoms with Crippen molar-refractivity contribution in [3.8, 4) is 0 Å². The number of thioether (sulfide) groups is 1. The zero-order valence-electron chi connectivity index (χ0n) is 10.8. The van der Waals surface area contributed by atoms with E-state index in [1.807, 2.05) is 27.8 Å². The molecule has 5 nitrogen and oxygen atoms in total. The lowest BCUT2D eigenvalue weighted by Gasteiger charge is -2.14. The number of aryl methyl sites for hydroxylation is 2. The van der Waals surface area contributed by atoms with Crippen molar-refractivity contribution < 1.29 is 0 Å². The summed E-state index contributed by atoms with van der Waals surface area (Å²) in [5.41, 5.74) is 5.40. The maximum Gasteiger partial charge on any atom is 0.0986 e. The SMILES string of the molecule is CCn1nncc1C(NN)c1cc2c(s1)CCSC2. The Morgan fingerprint density at radius 1 is 1.58 bits per heavy atom. The Morgan fingerprint density at radius 3 is 3.21 bits per heavy atom. The van der Waals surface area contributed by atoms with Gasteiger partial charge in [-0.3, -0.25) is 5.84 Å². The van der Waals surface area contributed by atoms with E-state index in [-0.39, 0.29) is 6.04 Å². The first-order chi connectivity index (χ1) is 9.33. The van der Waals surface area contributed by atoms with Crippen LogP contribution in [0.2, 0.25) is 0 Å². The van der Waals surface area contributed by atoms with E-state index in [4.69, 9.17) is 5.84 Å². The normalized spacial score (nSPS) is 16.3. The first-order valence-corrected chi connectivity index (χ1v) is 8.34. The number of hydrogen-bond donors (Lipinski definition) is 2. The van der Waals surface area contributed by atoms with Crippen LogP contribution in [0.15, 0.2) is 12.3 Å². The van der Waals surface area contributed by atoms with Crippen LogP contribution in [0.4, 0.5) is 0 Å². The molecule has 3 N–H and O–H groups in total. The van der Waals surface area contributed by atoms with Crippen LogP contribution in [0.1, 0.15) is 34.0 Å². The Labute approximate surface area is 120 Å². The monoisotopic (exact) mass is 295 g/mol. The summed E-state index contributed by atoms with van der Waals surface area (Å²) in [5, 5.41) is 8.07. The molecule has 0 fully saturated rings. The molecule has 2 aromatic heterocycles. The molecule has 0 saturated heterocycles. The largest absolute Gasteiger partial charge is 0.270 e. The quantitative estimate of drug-likeness (QED) is 0.664. The molecule has 0 aromatic carbocycles. The van der Waals surface area contributed by atoms with Crippen LogP contribution in [0.25, 0.3) is 0 Å². The van der Waals surface area contributed by atoms with Crippen molar-refractivity contribution in [3.05, 3.63) is 33.3 Å². The van der Waals surface area contributed by atoms with E-state index in [1.165, 1.54) is 27.5 Å². The number of hydrogen-bond acceptors (Lipinski definition) is 6. The fraction of sp³-hybridized carbons (Fsp3) is 0.500. The molecule has 1 aliphatic heterocycles. The third kappa shape index (κ3) is 2.43. The second-order valence-corrected chi connectivity index (χ2v) is 6.75. The molecule has 0 saturated carbocycles. The van der Waals surface area contributed by atoms with Crippen LogP contribution < -0.4 is 11.3 Å². The molecular formula is C12H17N5S2. The predicted octanol–water partition coefficient (Wildman–Crippen LogP) is 1.70. The summed E-state index contributed by atoms with van der Waals surface area (Å²) >= 11 is 3.86. The fourth-order valence-corrected chi connectivity index (χ4v) is 4.81. The van der Waals surface area contributed by atoms with E-state index in [9.17, 15) is 0 Å². The van der Waals surface area contributed by atoms with Gasteiger partial charge in [0.1, 0.15) is 0 Å². The van der Waals surface area contributed by atoms with Crippen molar-refractivity contribution in [1.82, 2.24) is 20.4 Å². The molecule has 19 heavy (non-hydrogen) atoms. The second-order valence-electron chi connectivity index (χ2n) is 4.47. The first kappa shape index (κ1) is 13.1. The van der Waals surface area contributed by atoms with Crippen LogP contribution in [-0.4, -0.2) is 20.7 Å². The smallest absolute Gasteiger partial charge is 0.0986 e. The number of rotatable bonds is 4. The molecule has 1 atom stereocenters. The van der Waals surface area contributed by atoms with Crippen molar-refractivity contribution in [3.63, 3.8) is 0 Å². The van der Waals surface area contributed by atoms with E-state index >= 15 is 0 Å². The third-order valence-corrected chi connectivity index (χ3v) is 5.65. The molecule has 0 bridgehead atoms. The van der Waals surface area contributed by atoms with Gasteiger partial charge in [-0.1, -0.05) is 5.21 Å². The van der Waals surface area contributed by atoms with Crippen molar-refractivity contribution in [1.29, 1.82) is 0 Å². The van der Waals surface area contributed by atoms with E-state index < -0.39 is 0 Å². The van der Waals surface area contributed by atoms with Gasteiger partial charge in [-0.15, -0.1) is 16.4 Å². The van der Waals surface area contributed by atoms with Crippen molar-refractivity contribution >= 4 is 23.1 Å². The first-order valence-electron chi connectivity index (χ1n) is 6.37. The van der Waals surface area contributed by atoms with E-state index in [0.717, 1.165) is 18.0 Å². The molecule has 0 aliphatic carbocycles. The molecule has 0 spiro atoms. The highest BCUT2D eigenvalue weighted by Crippen LogP contribution is 2.36. The van der Waals surface area contributed by atoms with Gasteiger partial charge in [-0.05, 0) is 30.7 Å². The average molecular weight is 295 g/mol. The summed E-state index contributed by atoms with van der Waals surface area (Å²) in [6.45, 7) is 2.86. The minimum Gasteiger partial charge on any atom is -0.270 e. The number of aromatic nitrogens is 3. The summed E-state index contributed by atoms with van der Waals surface area (Å²) < 4.78 is 1.89. The van der Waals surface area contributed by atoms with Gasteiger partial charge >= 0.3 is 0 Å². The summed E-state index contributed by atoms with van der Waals surface area (Å²) in [6.07, 6.45) is 2.97. The van der Waals surface area contributed by atoms with Crippen molar-refractivity contribution in [2.45, 2.75) is 31.7 Å². The molecule has 0 amide bonds. The Balaban J connectivity index is 1.96. The number of nitrogens with zero attached hydrogens (tertiary/aromatic N) is 3. The third-order valence-electron chi connectivity index (χ3n) is 3.34. The highest BCUT2D eigenvalue weighted by atomic mass is 32.2. The summed E-state index contributed by atoms with van der Waals surface area (Å²) in [5.74, 6) is 8.10. The van der Waals surface area contributed by atoms with E-state index in [0.29, 0.717) is 0 Å². The average Bonchev–Trinajstić information content (AvgIpc) is 3.05. The topological polar surface area (TPSA) is 68.8 Å². The van der Waals surface area contributed by atoms with Crippen molar-refractivity contribution in [2.24, 2.45) is 5.84 Å². The highest BCUT2D eigenvalue weighted by Gasteiger charge is 2.22. The Kier molecular flexibility index (Phi) is 3.88. The molecule has 3 rings (SSSR count). The van der Waals surface area contributed by atoms with Crippen LogP contribution in [0, 0.1) is 0 Å². The summed E-state index contributed by atoms with van der Waals surface area (Å²) in [6, 6.07) is 2.26. The number of nitrogens with two attached hydrogens (primary N) is 1. The Hall–Kier alpha value is -0.890. The number of nitrogens with one attached hydrogen (secondary N) is 1. The minimum absolute atomic E-state index is 0.0180. The van der Waals surface area contributed by atoms with Crippen LogP contribution in [-0.2, 0) is 18.7 Å². The maximum absolute atomic E-state index is 5.76. The Morgan fingerprint density at radius 2 is 2.47 bits per heavy atom. The van der Waals surface area contributed by atoms with Gasteiger partial charge < -0.3 is 0 Å². The van der Waals surface area contributed by atoms with Gasteiger partial charge in [-0.2, -0.15) is 11.8 Å². The van der Waals surface area contributed by atoms with E-state index in [2.05, 4.69) is 28.7 Å². The zero-order valence-corrected chi connectivity index (χ0v) is 12.4. The van der Waals surface area contributed by atoms with Gasteiger partial charge in [0.05, 0.1) is 17.9 Å². The Bertz CT molecular complexity index is 539. The molecule has 2 aromatic rings. The highest BCUT2D eigenvalue weighted by molar-refractivity contribution is 7.98. The minimum atomic E-state index is -0.0180. The molecule has 0 radical (unpaired) electrons. The molecule has 7 heteroatoms. The summed E-state index contributed by atoms with van der Waals surface area (Å²) in [7, 11) is 0. The predicted molar refractivity (Wildman–Crippen MR) is 79.0 cm³/mol. The molecule has 1 unspecified atom stereocenters. The number of fused-ring (bicyclic) bond motifs is 1. The lowest BCUT2D eigenvalue weighted by Crippen LogP contribution is -2.30. The molecule has 1 aliphatic rings. The zero-order chi connectivity index (χ0) is 13.2. The van der Waals surface area contributed by atoms with E-state index in [1.54, 1.807) is 6.20 Å². The summed E-state index contributed by atoms with van der Waals surface area (Å²) in [4.78, 5) is 2.76. The molecule has 3 heterocycles. The number of hydrazine groups is 1. The van der Waals surface area contributed by atoms with Crippen LogP contribution >= 0.6 is 23.1 Å². The standard InChI is InChI=1S/C12H17N5S2/c1-2-17-9(6-14-16-17)12(15-13)11-5-8-7-18-4-3-10(8)19-11/h5-6,12,15H,2-4,7,13H2,1H3. The fourth-order valence-electron chi connectivity index (χ4n) is 2.36. The molecular weight excluding hydrogens is 278 g/mol. The van der Waals surface area contributed by atoms with Gasteiger partial charge in [-0.25, -0.2) is 10.1 Å². The second kappa shape index (κ2) is 5.62.